The number of nitrogens with one attached hydrogen (secondary N) is 1. The van der Waals surface area contributed by atoms with E-state index >= 15 is 0 Å². The minimum absolute atomic E-state index is 0.292. The third-order valence-corrected chi connectivity index (χ3v) is 4.57. The number of nitrogens with zero attached hydrogens (tertiary/aromatic N) is 1. The van der Waals surface area contributed by atoms with Crippen molar-refractivity contribution in [1.82, 2.24) is 4.90 Å². The molecule has 2 aliphatic rings. The number of carbonyl (C=O) groups is 2. The Morgan fingerprint density at radius 3 is 2.59 bits per heavy atom. The van der Waals surface area contributed by atoms with Crippen molar-refractivity contribution in [2.45, 2.75) is 13.0 Å². The predicted octanol–water partition coefficient (Wildman–Crippen LogP) is 2.41. The molecular formula is C20H21FN2O4. The number of likely N-dealkylation sites (N-methyl/N-ethyl adjacent to an activating group) is 1. The molecule has 6 nitrogen and oxygen atoms in total. The minimum Gasteiger partial charge on any atom is -0.498 e. The van der Waals surface area contributed by atoms with Crippen LogP contribution in [0.4, 0.5) is 10.1 Å². The van der Waals surface area contributed by atoms with Gasteiger partial charge in [-0.25, -0.2) is 4.39 Å². The maximum atomic E-state index is 13.1. The van der Waals surface area contributed by atoms with Crippen molar-refractivity contribution >= 4 is 17.4 Å². The Morgan fingerprint density at radius 2 is 2.00 bits per heavy atom. The van der Waals surface area contributed by atoms with Crippen LogP contribution in [-0.2, 0) is 19.1 Å². The molecule has 1 aliphatic carbocycles. The zero-order chi connectivity index (χ0) is 19.6. The number of benzene rings is 1. The van der Waals surface area contributed by atoms with E-state index in [0.717, 1.165) is 0 Å². The average Bonchev–Trinajstić information content (AvgIpc) is 2.68. The van der Waals surface area contributed by atoms with Gasteiger partial charge in [0.05, 0.1) is 7.11 Å². The van der Waals surface area contributed by atoms with Crippen molar-refractivity contribution in [1.29, 1.82) is 0 Å². The molecular weight excluding hydrogens is 351 g/mol. The van der Waals surface area contributed by atoms with E-state index in [1.165, 1.54) is 38.5 Å². The molecule has 0 bridgehead atoms. The van der Waals surface area contributed by atoms with Gasteiger partial charge < -0.3 is 19.7 Å². The Bertz CT molecular complexity index is 855. The Kier molecular flexibility index (Phi) is 5.41. The van der Waals surface area contributed by atoms with Crippen molar-refractivity contribution in [2.24, 2.45) is 0 Å². The smallest absolute Gasteiger partial charge is 0.254 e. The third-order valence-electron chi connectivity index (χ3n) is 4.57. The molecule has 1 unspecified atom stereocenters. The van der Waals surface area contributed by atoms with Crippen molar-refractivity contribution in [3.63, 3.8) is 0 Å². The van der Waals surface area contributed by atoms with E-state index in [0.29, 0.717) is 41.3 Å². The number of methoxy groups -OCH3 is 2. The van der Waals surface area contributed by atoms with E-state index in [9.17, 15) is 14.0 Å². The lowest BCUT2D eigenvalue weighted by Crippen LogP contribution is -2.39. The van der Waals surface area contributed by atoms with Gasteiger partial charge in [-0.2, -0.15) is 0 Å². The summed E-state index contributed by atoms with van der Waals surface area (Å²) in [5.74, 6) is -0.715. The minimum atomic E-state index is -0.885. The Morgan fingerprint density at radius 1 is 1.30 bits per heavy atom. The molecule has 0 saturated carbocycles. The van der Waals surface area contributed by atoms with E-state index in [2.05, 4.69) is 5.32 Å². The second-order valence-corrected chi connectivity index (χ2v) is 6.19. The second kappa shape index (κ2) is 7.75. The van der Waals surface area contributed by atoms with E-state index in [4.69, 9.17) is 9.47 Å². The fourth-order valence-corrected chi connectivity index (χ4v) is 3.17. The fourth-order valence-electron chi connectivity index (χ4n) is 3.17. The molecule has 1 amide bonds. The number of allylic oxidation sites excluding steroid dienone is 2. The van der Waals surface area contributed by atoms with Gasteiger partial charge in [0, 0.05) is 48.8 Å². The molecule has 3 rings (SSSR count). The molecule has 142 valence electrons. The lowest BCUT2D eigenvalue weighted by molar-refractivity contribution is -0.125. The van der Waals surface area contributed by atoms with Gasteiger partial charge in [0.1, 0.15) is 11.6 Å². The first-order chi connectivity index (χ1) is 13.0. The first-order valence-electron chi connectivity index (χ1n) is 8.57. The lowest BCUT2D eigenvalue weighted by Gasteiger charge is -2.32. The van der Waals surface area contributed by atoms with E-state index < -0.39 is 17.8 Å². The van der Waals surface area contributed by atoms with Crippen LogP contribution in [0, 0.1) is 5.82 Å². The summed E-state index contributed by atoms with van der Waals surface area (Å²) in [7, 11) is 2.90. The van der Waals surface area contributed by atoms with Gasteiger partial charge >= 0.3 is 0 Å². The van der Waals surface area contributed by atoms with Crippen LogP contribution in [0.3, 0.4) is 0 Å². The SMILES string of the molecule is CCN1C=C2C=C(OC)C(OC)C(=O)C2=C(C(=O)Nc2ccc(F)cc2)C1. The lowest BCUT2D eigenvalue weighted by atomic mass is 9.85. The van der Waals surface area contributed by atoms with E-state index in [1.54, 1.807) is 6.08 Å². The van der Waals surface area contributed by atoms with Gasteiger partial charge in [0.2, 0.25) is 5.78 Å². The molecule has 0 aromatic heterocycles. The van der Waals surface area contributed by atoms with Crippen molar-refractivity contribution in [2.75, 3.05) is 32.6 Å². The molecule has 1 heterocycles. The number of ketones is 1. The van der Waals surface area contributed by atoms with Crippen LogP contribution in [0.5, 0.6) is 0 Å². The normalized spacial score (nSPS) is 19.3. The Balaban J connectivity index is 2.02. The van der Waals surface area contributed by atoms with Gasteiger partial charge in [-0.05, 0) is 37.3 Å². The van der Waals surface area contributed by atoms with Crippen molar-refractivity contribution < 1.29 is 23.5 Å². The van der Waals surface area contributed by atoms with Crippen LogP contribution < -0.4 is 5.32 Å². The third kappa shape index (κ3) is 3.64. The quantitative estimate of drug-likeness (QED) is 0.860. The number of rotatable bonds is 5. The van der Waals surface area contributed by atoms with Gasteiger partial charge in [-0.15, -0.1) is 0 Å². The fraction of sp³-hybridized carbons (Fsp3) is 0.300. The molecule has 1 aliphatic heterocycles. The van der Waals surface area contributed by atoms with Crippen molar-refractivity contribution in [3.05, 3.63) is 64.8 Å². The molecule has 1 N–H and O–H groups in total. The number of ether oxygens (including phenoxy) is 2. The summed E-state index contributed by atoms with van der Waals surface area (Å²) < 4.78 is 23.6. The van der Waals surface area contributed by atoms with Crippen LogP contribution in [0.25, 0.3) is 0 Å². The zero-order valence-electron chi connectivity index (χ0n) is 15.4. The number of amides is 1. The number of anilines is 1. The highest BCUT2D eigenvalue weighted by Crippen LogP contribution is 2.33. The summed E-state index contributed by atoms with van der Waals surface area (Å²) in [4.78, 5) is 27.8. The largest absolute Gasteiger partial charge is 0.498 e. The van der Waals surface area contributed by atoms with E-state index in [-0.39, 0.29) is 5.78 Å². The molecule has 0 saturated heterocycles. The van der Waals surface area contributed by atoms with Crippen molar-refractivity contribution in [3.8, 4) is 0 Å². The number of halogens is 1. The monoisotopic (exact) mass is 372 g/mol. The molecule has 1 aromatic rings. The molecule has 7 heteroatoms. The summed E-state index contributed by atoms with van der Waals surface area (Å²) in [6, 6.07) is 5.47. The standard InChI is InChI=1S/C20H21FN2O4/c1-4-23-10-12-9-16(26-2)19(27-3)18(24)17(12)15(11-23)20(25)22-14-7-5-13(21)6-8-14/h5-10,19H,4,11H2,1-3H3,(H,22,25). The molecule has 1 aromatic carbocycles. The molecule has 0 radical (unpaired) electrons. The number of hydrogen-bond donors (Lipinski definition) is 1. The summed E-state index contributed by atoms with van der Waals surface area (Å²) in [6.07, 6.45) is 2.67. The van der Waals surface area contributed by atoms with Gasteiger partial charge in [-0.1, -0.05) is 0 Å². The molecule has 1 atom stereocenters. The highest BCUT2D eigenvalue weighted by Gasteiger charge is 2.38. The average molecular weight is 372 g/mol. The van der Waals surface area contributed by atoms with Crippen LogP contribution in [0.2, 0.25) is 0 Å². The summed E-state index contributed by atoms with van der Waals surface area (Å²) in [5.41, 5.74) is 1.74. The Hall–Kier alpha value is -2.93. The second-order valence-electron chi connectivity index (χ2n) is 6.19. The zero-order valence-corrected chi connectivity index (χ0v) is 15.4. The number of fused-ring (bicyclic) bond motifs is 1. The van der Waals surface area contributed by atoms with E-state index in [1.807, 2.05) is 18.0 Å². The van der Waals surface area contributed by atoms with Crippen LogP contribution in [-0.4, -0.2) is 50.0 Å². The molecule has 0 fully saturated rings. The summed E-state index contributed by atoms with van der Waals surface area (Å²) in [6.45, 7) is 2.92. The molecule has 0 spiro atoms. The van der Waals surface area contributed by atoms with Gasteiger partial charge in [0.15, 0.2) is 6.10 Å². The summed E-state index contributed by atoms with van der Waals surface area (Å²) in [5, 5.41) is 2.73. The van der Waals surface area contributed by atoms with Crippen LogP contribution in [0.15, 0.2) is 59.0 Å². The maximum absolute atomic E-state index is 13.1. The van der Waals surface area contributed by atoms with Gasteiger partial charge in [-0.3, -0.25) is 9.59 Å². The summed E-state index contributed by atoms with van der Waals surface area (Å²) >= 11 is 0. The highest BCUT2D eigenvalue weighted by atomic mass is 19.1. The van der Waals surface area contributed by atoms with Gasteiger partial charge in [0.25, 0.3) is 5.91 Å². The topological polar surface area (TPSA) is 67.9 Å². The highest BCUT2D eigenvalue weighted by molar-refractivity contribution is 6.16. The first-order valence-corrected chi connectivity index (χ1v) is 8.57. The number of hydrogen-bond acceptors (Lipinski definition) is 5. The number of carbonyl (C=O) groups excluding carboxylic acids is 2. The van der Waals surface area contributed by atoms with Crippen LogP contribution in [0.1, 0.15) is 6.92 Å². The first kappa shape index (κ1) is 18.8. The maximum Gasteiger partial charge on any atom is 0.254 e. The molecule has 27 heavy (non-hydrogen) atoms. The van der Waals surface area contributed by atoms with Crippen LogP contribution >= 0.6 is 0 Å². The Labute approximate surface area is 156 Å². The predicted molar refractivity (Wildman–Crippen MR) is 98.3 cm³/mol. The number of Topliss-reactive ketones (excluding diaryl/α,β-unsaturated/α-hetero) is 1.